The van der Waals surface area contributed by atoms with Gasteiger partial charge in [-0.25, -0.2) is 9.36 Å². The Morgan fingerprint density at radius 2 is 2.00 bits per heavy atom. The highest BCUT2D eigenvalue weighted by Crippen LogP contribution is 2.19. The van der Waals surface area contributed by atoms with Gasteiger partial charge in [0.2, 0.25) is 5.91 Å². The first-order valence-corrected chi connectivity index (χ1v) is 9.73. The van der Waals surface area contributed by atoms with Crippen molar-refractivity contribution in [2.75, 3.05) is 17.3 Å². The van der Waals surface area contributed by atoms with Crippen LogP contribution in [0.4, 0.5) is 5.69 Å². The van der Waals surface area contributed by atoms with Gasteiger partial charge >= 0.3 is 5.69 Å². The number of nitrogens with one attached hydrogen (secondary N) is 2. The number of thioether (sulfide) groups is 1. The first kappa shape index (κ1) is 18.8. The fourth-order valence-corrected chi connectivity index (χ4v) is 3.33. The van der Waals surface area contributed by atoms with Crippen LogP contribution in [0.5, 0.6) is 5.75 Å². The molecule has 0 unspecified atom stereocenters. The molecule has 0 saturated heterocycles. The van der Waals surface area contributed by atoms with Crippen molar-refractivity contribution in [2.24, 2.45) is 0 Å². The van der Waals surface area contributed by atoms with Gasteiger partial charge in [0.25, 0.3) is 5.56 Å². The van der Waals surface area contributed by atoms with Crippen molar-refractivity contribution in [3.63, 3.8) is 0 Å². The number of amides is 1. The van der Waals surface area contributed by atoms with E-state index in [0.29, 0.717) is 28.8 Å². The van der Waals surface area contributed by atoms with Crippen LogP contribution in [0, 0.1) is 0 Å². The molecule has 1 atom stereocenters. The predicted molar refractivity (Wildman–Crippen MR) is 108 cm³/mol. The SMILES string of the molecule is CSCC[C@@H](C(=O)Nc1cccc(O)c1)n1c(=O)[nH]c2ccccc2c1=O. The molecule has 3 aromatic rings. The van der Waals surface area contributed by atoms with Crippen LogP contribution in [0.3, 0.4) is 0 Å². The van der Waals surface area contributed by atoms with E-state index in [1.54, 1.807) is 36.4 Å². The standard InChI is InChI=1S/C19H19N3O4S/c1-27-10-9-16(17(24)20-12-5-4-6-13(23)11-12)22-18(25)14-7-2-3-8-15(14)21-19(22)26/h2-8,11,16,23H,9-10H2,1H3,(H,20,24)(H,21,26)/t16-/m0/s1. The Hall–Kier alpha value is -3.00. The highest BCUT2D eigenvalue weighted by Gasteiger charge is 2.24. The number of carbonyl (C=O) groups is 1. The first-order chi connectivity index (χ1) is 13.0. The Balaban J connectivity index is 2.04. The van der Waals surface area contributed by atoms with Gasteiger partial charge in [0.15, 0.2) is 0 Å². The number of phenols is 1. The summed E-state index contributed by atoms with van der Waals surface area (Å²) in [4.78, 5) is 41.0. The number of carbonyl (C=O) groups excluding carboxylic acids is 1. The highest BCUT2D eigenvalue weighted by atomic mass is 32.2. The predicted octanol–water partition coefficient (Wildman–Crippen LogP) is 2.33. The van der Waals surface area contributed by atoms with E-state index in [1.165, 1.54) is 23.9 Å². The third-order valence-electron chi connectivity index (χ3n) is 4.16. The Bertz CT molecular complexity index is 1090. The molecule has 0 aliphatic carbocycles. The van der Waals surface area contributed by atoms with Crippen molar-refractivity contribution in [2.45, 2.75) is 12.5 Å². The molecule has 1 aromatic heterocycles. The fourth-order valence-electron chi connectivity index (χ4n) is 2.88. The third-order valence-corrected chi connectivity index (χ3v) is 4.80. The molecule has 3 rings (SSSR count). The number of phenolic OH excluding ortho intramolecular Hbond substituents is 1. The number of nitrogens with zero attached hydrogens (tertiary/aromatic N) is 1. The zero-order chi connectivity index (χ0) is 19.4. The van der Waals surface area contributed by atoms with Gasteiger partial charge in [-0.05, 0) is 42.7 Å². The zero-order valence-electron chi connectivity index (χ0n) is 14.6. The molecule has 1 amide bonds. The number of benzene rings is 2. The molecule has 2 aromatic carbocycles. The Labute approximate surface area is 159 Å². The van der Waals surface area contributed by atoms with Crippen molar-refractivity contribution in [1.82, 2.24) is 9.55 Å². The van der Waals surface area contributed by atoms with Gasteiger partial charge in [0.05, 0.1) is 10.9 Å². The lowest BCUT2D eigenvalue weighted by Crippen LogP contribution is -2.42. The molecule has 0 saturated carbocycles. The van der Waals surface area contributed by atoms with Crippen LogP contribution in [0.2, 0.25) is 0 Å². The van der Waals surface area contributed by atoms with Crippen LogP contribution in [-0.4, -0.2) is 32.6 Å². The van der Waals surface area contributed by atoms with Gasteiger partial charge < -0.3 is 15.4 Å². The number of fused-ring (bicyclic) bond motifs is 1. The van der Waals surface area contributed by atoms with E-state index >= 15 is 0 Å². The summed E-state index contributed by atoms with van der Waals surface area (Å²) in [7, 11) is 0. The summed E-state index contributed by atoms with van der Waals surface area (Å²) < 4.78 is 0.969. The van der Waals surface area contributed by atoms with Gasteiger partial charge in [-0.3, -0.25) is 9.59 Å². The maximum atomic E-state index is 12.9. The minimum absolute atomic E-state index is 0.00850. The second-order valence-electron chi connectivity index (χ2n) is 5.99. The topological polar surface area (TPSA) is 104 Å². The minimum atomic E-state index is -0.972. The summed E-state index contributed by atoms with van der Waals surface area (Å²) in [5.41, 5.74) is -0.317. The number of H-pyrrole nitrogens is 1. The van der Waals surface area contributed by atoms with Gasteiger partial charge in [0.1, 0.15) is 11.8 Å². The van der Waals surface area contributed by atoms with E-state index in [-0.39, 0.29) is 5.75 Å². The summed E-state index contributed by atoms with van der Waals surface area (Å²) in [6.07, 6.45) is 2.20. The summed E-state index contributed by atoms with van der Waals surface area (Å²) in [5.74, 6) is 0.114. The van der Waals surface area contributed by atoms with Crippen LogP contribution in [0.25, 0.3) is 10.9 Å². The van der Waals surface area contributed by atoms with Gasteiger partial charge in [-0.2, -0.15) is 11.8 Å². The van der Waals surface area contributed by atoms with Crippen molar-refractivity contribution in [1.29, 1.82) is 0 Å². The zero-order valence-corrected chi connectivity index (χ0v) is 15.5. The summed E-state index contributed by atoms with van der Waals surface area (Å²) in [5, 5.41) is 12.6. The number of aromatic hydroxyl groups is 1. The number of para-hydroxylation sites is 1. The van der Waals surface area contributed by atoms with Gasteiger partial charge in [-0.1, -0.05) is 18.2 Å². The number of aromatic amines is 1. The minimum Gasteiger partial charge on any atom is -0.508 e. The summed E-state index contributed by atoms with van der Waals surface area (Å²) in [6, 6.07) is 11.8. The Kier molecular flexibility index (Phi) is 5.66. The summed E-state index contributed by atoms with van der Waals surface area (Å²) in [6.45, 7) is 0. The first-order valence-electron chi connectivity index (χ1n) is 8.33. The van der Waals surface area contributed by atoms with Gasteiger partial charge in [0, 0.05) is 11.8 Å². The molecule has 1 heterocycles. The van der Waals surface area contributed by atoms with Crippen molar-refractivity contribution < 1.29 is 9.90 Å². The van der Waals surface area contributed by atoms with Crippen molar-refractivity contribution in [3.8, 4) is 5.75 Å². The maximum Gasteiger partial charge on any atom is 0.329 e. The smallest absolute Gasteiger partial charge is 0.329 e. The second-order valence-corrected chi connectivity index (χ2v) is 6.97. The molecule has 0 radical (unpaired) electrons. The van der Waals surface area contributed by atoms with Crippen molar-refractivity contribution >= 4 is 34.3 Å². The van der Waals surface area contributed by atoms with Crippen LogP contribution in [-0.2, 0) is 4.79 Å². The number of anilines is 1. The molecule has 3 N–H and O–H groups in total. The second kappa shape index (κ2) is 8.13. The Morgan fingerprint density at radius 1 is 1.22 bits per heavy atom. The number of rotatable bonds is 6. The molecular formula is C19H19N3O4S. The van der Waals surface area contributed by atoms with Crippen LogP contribution in [0.1, 0.15) is 12.5 Å². The molecule has 140 valence electrons. The maximum absolute atomic E-state index is 12.9. The number of hydrogen-bond donors (Lipinski definition) is 3. The van der Waals surface area contributed by atoms with Crippen LogP contribution < -0.4 is 16.6 Å². The largest absolute Gasteiger partial charge is 0.508 e. The molecule has 0 fully saturated rings. The van der Waals surface area contributed by atoms with E-state index in [1.807, 2.05) is 6.26 Å². The fraction of sp³-hybridized carbons (Fsp3) is 0.211. The number of aromatic nitrogens is 2. The molecule has 0 aliphatic heterocycles. The average molecular weight is 385 g/mol. The molecule has 8 heteroatoms. The monoisotopic (exact) mass is 385 g/mol. The van der Waals surface area contributed by atoms with E-state index in [4.69, 9.17) is 0 Å². The molecule has 0 aliphatic rings. The van der Waals surface area contributed by atoms with E-state index in [2.05, 4.69) is 10.3 Å². The lowest BCUT2D eigenvalue weighted by molar-refractivity contribution is -0.119. The molecular weight excluding hydrogens is 366 g/mol. The number of hydrogen-bond acceptors (Lipinski definition) is 5. The molecule has 0 bridgehead atoms. The average Bonchev–Trinajstić information content (AvgIpc) is 2.64. The van der Waals surface area contributed by atoms with E-state index in [9.17, 15) is 19.5 Å². The highest BCUT2D eigenvalue weighted by molar-refractivity contribution is 7.98. The lowest BCUT2D eigenvalue weighted by Gasteiger charge is -2.19. The third kappa shape index (κ3) is 4.06. The normalized spacial score (nSPS) is 12.0. The van der Waals surface area contributed by atoms with Crippen LogP contribution >= 0.6 is 11.8 Å². The Morgan fingerprint density at radius 3 is 2.74 bits per heavy atom. The van der Waals surface area contributed by atoms with Gasteiger partial charge in [-0.15, -0.1) is 0 Å². The lowest BCUT2D eigenvalue weighted by atomic mass is 10.1. The van der Waals surface area contributed by atoms with E-state index in [0.717, 1.165) is 4.57 Å². The molecule has 7 nitrogen and oxygen atoms in total. The molecule has 0 spiro atoms. The van der Waals surface area contributed by atoms with Crippen LogP contribution in [0.15, 0.2) is 58.1 Å². The quantitative estimate of drug-likeness (QED) is 0.604. The summed E-state index contributed by atoms with van der Waals surface area (Å²) >= 11 is 1.52. The van der Waals surface area contributed by atoms with E-state index < -0.39 is 23.2 Å². The van der Waals surface area contributed by atoms with Crippen molar-refractivity contribution in [3.05, 3.63) is 69.4 Å². The molecule has 27 heavy (non-hydrogen) atoms.